The van der Waals surface area contributed by atoms with E-state index < -0.39 is 10.3 Å². The van der Waals surface area contributed by atoms with E-state index in [0.717, 1.165) is 31.7 Å². The van der Waals surface area contributed by atoms with Gasteiger partial charge in [0, 0.05) is 38.8 Å². The molecule has 0 unspecified atom stereocenters. The van der Waals surface area contributed by atoms with Crippen molar-refractivity contribution in [3.8, 4) is 11.8 Å². The Morgan fingerprint density at radius 3 is 2.57 bits per heavy atom. The van der Waals surface area contributed by atoms with Gasteiger partial charge >= 0.3 is 0 Å². The summed E-state index contributed by atoms with van der Waals surface area (Å²) in [4.78, 5) is 8.71. The molecule has 0 radical (unpaired) electrons. The zero-order chi connectivity index (χ0) is 16.7. The van der Waals surface area contributed by atoms with Crippen molar-refractivity contribution in [1.82, 2.24) is 9.88 Å². The monoisotopic (exact) mass is 353 g/mol. The summed E-state index contributed by atoms with van der Waals surface area (Å²) in [5.74, 6) is 6.81. The average Bonchev–Trinajstić information content (AvgIpc) is 2.56. The minimum absolute atomic E-state index is 0.287. The van der Waals surface area contributed by atoms with Crippen LogP contribution in [0.2, 0.25) is 5.02 Å². The zero-order valence-corrected chi connectivity index (χ0v) is 14.7. The van der Waals surface area contributed by atoms with Crippen molar-refractivity contribution in [3.63, 3.8) is 0 Å². The van der Waals surface area contributed by atoms with Crippen LogP contribution in [0, 0.1) is 11.8 Å². The first-order chi connectivity index (χ1) is 11.1. The molecule has 0 saturated carbocycles. The molecule has 1 aliphatic rings. The molecule has 1 aromatic rings. The summed E-state index contributed by atoms with van der Waals surface area (Å²) in [6.45, 7) is 4.77. The first-order valence-electron chi connectivity index (χ1n) is 7.64. The molecule has 2 rings (SSSR count). The molecule has 7 heteroatoms. The Morgan fingerprint density at radius 1 is 1.26 bits per heavy atom. The lowest BCUT2D eigenvalue weighted by molar-refractivity contribution is 0.385. The second kappa shape index (κ2) is 8.92. The van der Waals surface area contributed by atoms with Crippen LogP contribution in [0.15, 0.2) is 18.3 Å². The van der Waals surface area contributed by atoms with Gasteiger partial charge in [-0.25, -0.2) is 4.98 Å². The van der Waals surface area contributed by atoms with Gasteiger partial charge in [-0.2, -0.15) is 8.42 Å². The number of anilines is 1. The van der Waals surface area contributed by atoms with Gasteiger partial charge < -0.3 is 4.90 Å². The Labute approximate surface area is 143 Å². The van der Waals surface area contributed by atoms with E-state index in [-0.39, 0.29) is 6.42 Å². The Morgan fingerprint density at radius 2 is 2.00 bits per heavy atom. The standard InChI is InChI=1S/C16H20ClN3O2S/c1-2-3-4-5-6-16(23(21)22)20-11-9-19(10-12-20)15-8-7-14(17)13-18-15/h7-8,13H,2-3,6,9-12H2,1H3. The van der Waals surface area contributed by atoms with Crippen LogP contribution >= 0.6 is 11.6 Å². The lowest BCUT2D eigenvalue weighted by atomic mass is 10.2. The number of hydrogen-bond donors (Lipinski definition) is 0. The molecule has 2 heterocycles. The fraction of sp³-hybridized carbons (Fsp3) is 0.500. The number of aromatic nitrogens is 1. The molecular formula is C16H20ClN3O2S. The van der Waals surface area contributed by atoms with E-state index in [1.54, 1.807) is 6.20 Å². The fourth-order valence-corrected chi connectivity index (χ4v) is 3.06. The minimum Gasteiger partial charge on any atom is -0.354 e. The summed E-state index contributed by atoms with van der Waals surface area (Å²) < 4.78 is 22.9. The van der Waals surface area contributed by atoms with Crippen molar-refractivity contribution in [2.75, 3.05) is 31.1 Å². The Bertz CT molecular complexity index is 704. The van der Waals surface area contributed by atoms with Gasteiger partial charge in [-0.1, -0.05) is 24.4 Å². The second-order valence-electron chi connectivity index (χ2n) is 5.22. The van der Waals surface area contributed by atoms with Crippen molar-refractivity contribution < 1.29 is 8.42 Å². The van der Waals surface area contributed by atoms with E-state index in [0.29, 0.717) is 23.1 Å². The maximum Gasteiger partial charge on any atom is 0.229 e. The molecule has 5 nitrogen and oxygen atoms in total. The number of rotatable bonds is 3. The first kappa shape index (κ1) is 17.8. The Kier molecular flexibility index (Phi) is 6.90. The second-order valence-corrected chi connectivity index (χ2v) is 6.59. The molecular weight excluding hydrogens is 334 g/mol. The summed E-state index contributed by atoms with van der Waals surface area (Å²) in [6, 6.07) is 3.69. The first-order valence-corrected chi connectivity index (χ1v) is 9.09. The third-order valence-electron chi connectivity index (χ3n) is 3.60. The smallest absolute Gasteiger partial charge is 0.229 e. The molecule has 0 amide bonds. The lowest BCUT2D eigenvalue weighted by Crippen LogP contribution is -2.49. The third-order valence-corrected chi connectivity index (χ3v) is 4.61. The van der Waals surface area contributed by atoms with E-state index >= 15 is 0 Å². The molecule has 1 saturated heterocycles. The minimum atomic E-state index is -2.23. The highest BCUT2D eigenvalue weighted by Crippen LogP contribution is 2.16. The summed E-state index contributed by atoms with van der Waals surface area (Å²) in [5, 5.41) is 0.607. The number of unbranched alkanes of at least 4 members (excludes halogenated alkanes) is 1. The van der Waals surface area contributed by atoms with Crippen LogP contribution in [-0.2, 0) is 10.3 Å². The molecule has 1 fully saturated rings. The molecule has 0 spiro atoms. The average molecular weight is 354 g/mol. The van der Waals surface area contributed by atoms with Crippen molar-refractivity contribution in [2.45, 2.75) is 26.2 Å². The normalized spacial score (nSPS) is 15.0. The summed E-state index contributed by atoms with van der Waals surface area (Å²) in [5.41, 5.74) is 0. The van der Waals surface area contributed by atoms with E-state index in [4.69, 9.17) is 11.6 Å². The molecule has 0 atom stereocenters. The maximum atomic E-state index is 11.5. The van der Waals surface area contributed by atoms with Gasteiger partial charge in [0.1, 0.15) is 10.8 Å². The van der Waals surface area contributed by atoms with Crippen molar-refractivity contribution >= 4 is 32.7 Å². The highest BCUT2D eigenvalue weighted by Gasteiger charge is 2.21. The quantitative estimate of drug-likeness (QED) is 0.615. The van der Waals surface area contributed by atoms with E-state index in [1.807, 2.05) is 17.0 Å². The molecule has 0 N–H and O–H groups in total. The van der Waals surface area contributed by atoms with Gasteiger partial charge in [0.15, 0.2) is 0 Å². The molecule has 0 aliphatic carbocycles. The van der Waals surface area contributed by atoms with E-state index in [2.05, 4.69) is 28.6 Å². The van der Waals surface area contributed by atoms with Gasteiger partial charge in [0.2, 0.25) is 10.3 Å². The molecule has 1 aliphatic heterocycles. The summed E-state index contributed by atoms with van der Waals surface area (Å²) >= 11 is 5.85. The summed E-state index contributed by atoms with van der Waals surface area (Å²) in [6.07, 6.45) is 3.69. The molecule has 23 heavy (non-hydrogen) atoms. The topological polar surface area (TPSA) is 53.5 Å². The van der Waals surface area contributed by atoms with Crippen molar-refractivity contribution in [2.24, 2.45) is 0 Å². The number of hydrogen-bond acceptors (Lipinski definition) is 4. The van der Waals surface area contributed by atoms with E-state index in [1.165, 1.54) is 0 Å². The van der Waals surface area contributed by atoms with Crippen molar-refractivity contribution in [3.05, 3.63) is 23.4 Å². The predicted molar refractivity (Wildman–Crippen MR) is 94.3 cm³/mol. The van der Waals surface area contributed by atoms with Gasteiger partial charge in [0.05, 0.1) is 11.4 Å². The van der Waals surface area contributed by atoms with E-state index in [9.17, 15) is 8.42 Å². The van der Waals surface area contributed by atoms with Crippen LogP contribution in [-0.4, -0.2) is 49.5 Å². The predicted octanol–water partition coefficient (Wildman–Crippen LogP) is 2.06. The maximum absolute atomic E-state index is 11.5. The Balaban J connectivity index is 1.98. The van der Waals surface area contributed by atoms with Crippen LogP contribution < -0.4 is 4.90 Å². The third kappa shape index (κ3) is 5.24. The Hall–Kier alpha value is -1.55. The molecule has 0 aromatic carbocycles. The highest BCUT2D eigenvalue weighted by molar-refractivity contribution is 7.72. The van der Waals surface area contributed by atoms with Crippen LogP contribution in [0.3, 0.4) is 0 Å². The van der Waals surface area contributed by atoms with Crippen LogP contribution in [0.1, 0.15) is 26.2 Å². The lowest BCUT2D eigenvalue weighted by Gasteiger charge is -2.34. The SMILES string of the molecule is CCCC#CCC(N1CCN(c2ccc(Cl)cn2)CC1)=S(=O)=O. The molecule has 1 aromatic heterocycles. The summed E-state index contributed by atoms with van der Waals surface area (Å²) in [7, 11) is -2.23. The van der Waals surface area contributed by atoms with Gasteiger partial charge in [0.25, 0.3) is 0 Å². The van der Waals surface area contributed by atoms with Crippen molar-refractivity contribution in [1.29, 1.82) is 0 Å². The van der Waals surface area contributed by atoms with Crippen LogP contribution in [0.5, 0.6) is 0 Å². The number of nitrogens with zero attached hydrogens (tertiary/aromatic N) is 3. The largest absolute Gasteiger partial charge is 0.354 e. The molecule has 124 valence electrons. The highest BCUT2D eigenvalue weighted by atomic mass is 35.5. The zero-order valence-electron chi connectivity index (χ0n) is 13.1. The number of halogens is 1. The molecule has 0 bridgehead atoms. The number of pyridine rings is 1. The van der Waals surface area contributed by atoms with Gasteiger partial charge in [-0.05, 0) is 18.6 Å². The van der Waals surface area contributed by atoms with Gasteiger partial charge in [-0.15, -0.1) is 5.92 Å². The number of piperazine rings is 1. The fourth-order valence-electron chi connectivity index (χ4n) is 2.37. The van der Waals surface area contributed by atoms with Crippen LogP contribution in [0.4, 0.5) is 5.82 Å². The van der Waals surface area contributed by atoms with Gasteiger partial charge in [-0.3, -0.25) is 4.90 Å². The van der Waals surface area contributed by atoms with Crippen LogP contribution in [0.25, 0.3) is 0 Å².